The maximum atomic E-state index is 6.07. The van der Waals surface area contributed by atoms with Crippen LogP contribution in [0.1, 0.15) is 24.1 Å². The predicted molar refractivity (Wildman–Crippen MR) is 107 cm³/mol. The van der Waals surface area contributed by atoms with Crippen LogP contribution in [-0.2, 0) is 6.61 Å². The van der Waals surface area contributed by atoms with Gasteiger partial charge in [0.25, 0.3) is 0 Å². The molecule has 6 heteroatoms. The van der Waals surface area contributed by atoms with Crippen molar-refractivity contribution < 1.29 is 4.74 Å². The number of benzene rings is 1. The number of halogens is 2. The molecule has 26 heavy (non-hydrogen) atoms. The van der Waals surface area contributed by atoms with Gasteiger partial charge in [-0.25, -0.2) is 4.98 Å². The van der Waals surface area contributed by atoms with Gasteiger partial charge in [0.05, 0.1) is 5.69 Å². The van der Waals surface area contributed by atoms with Gasteiger partial charge < -0.3 is 9.64 Å². The van der Waals surface area contributed by atoms with Crippen molar-refractivity contribution in [3.05, 3.63) is 57.8 Å². The van der Waals surface area contributed by atoms with E-state index in [4.69, 9.17) is 32.9 Å². The van der Waals surface area contributed by atoms with E-state index in [1.54, 1.807) is 6.07 Å². The Balaban J connectivity index is 1.61. The molecule has 3 aromatic rings. The molecule has 136 valence electrons. The zero-order chi connectivity index (χ0) is 18.3. The van der Waals surface area contributed by atoms with Crippen LogP contribution in [0.2, 0.25) is 10.0 Å². The second-order valence-electron chi connectivity index (χ2n) is 6.98. The molecular formula is C20H21Cl2N3O. The number of anilines is 1. The number of nitrogens with zero attached hydrogens (tertiary/aromatic N) is 3. The fraction of sp³-hybridized carbons (Fsp3) is 0.350. The largest absolute Gasteiger partial charge is 0.485 e. The summed E-state index contributed by atoms with van der Waals surface area (Å²) < 4.78 is 8.15. The van der Waals surface area contributed by atoms with Crippen molar-refractivity contribution in [1.29, 1.82) is 0 Å². The molecule has 1 aliphatic rings. The highest BCUT2D eigenvalue weighted by Gasteiger charge is 2.25. The number of pyridine rings is 1. The quantitative estimate of drug-likeness (QED) is 0.567. The molecule has 4 rings (SSSR count). The lowest BCUT2D eigenvalue weighted by atomic mass is 10.2. The summed E-state index contributed by atoms with van der Waals surface area (Å²) in [7, 11) is 2.14. The van der Waals surface area contributed by atoms with E-state index in [0.29, 0.717) is 16.7 Å². The van der Waals surface area contributed by atoms with E-state index in [1.807, 2.05) is 37.4 Å². The number of rotatable bonds is 6. The first kappa shape index (κ1) is 17.5. The molecule has 0 N–H and O–H groups in total. The first-order chi connectivity index (χ1) is 12.5. The van der Waals surface area contributed by atoms with Gasteiger partial charge in [0, 0.05) is 29.8 Å². The van der Waals surface area contributed by atoms with Gasteiger partial charge in [-0.2, -0.15) is 0 Å². The molecule has 4 nitrogen and oxygen atoms in total. The van der Waals surface area contributed by atoms with Gasteiger partial charge in [0.2, 0.25) is 0 Å². The number of ether oxygens (including phenoxy) is 1. The topological polar surface area (TPSA) is 29.8 Å². The molecule has 1 aromatic carbocycles. The van der Waals surface area contributed by atoms with E-state index in [0.717, 1.165) is 40.9 Å². The molecule has 1 aliphatic carbocycles. The van der Waals surface area contributed by atoms with Crippen molar-refractivity contribution in [3.8, 4) is 5.75 Å². The fourth-order valence-corrected chi connectivity index (χ4v) is 3.92. The fourth-order valence-electron chi connectivity index (χ4n) is 3.35. The lowest BCUT2D eigenvalue weighted by molar-refractivity contribution is 0.308. The lowest BCUT2D eigenvalue weighted by Crippen LogP contribution is -2.22. The second kappa shape index (κ2) is 7.01. The summed E-state index contributed by atoms with van der Waals surface area (Å²) in [4.78, 5) is 7.05. The van der Waals surface area contributed by atoms with E-state index in [9.17, 15) is 0 Å². The number of imidazole rings is 1. The van der Waals surface area contributed by atoms with Crippen molar-refractivity contribution >= 4 is 34.7 Å². The van der Waals surface area contributed by atoms with Crippen molar-refractivity contribution in [2.45, 2.75) is 26.4 Å². The number of hydrogen-bond donors (Lipinski definition) is 0. The standard InChI is InChI=1S/C20H21Cl2N3O/c1-13-20(24(2)11-14-5-6-14)25-7-3-4-18(19(25)23-13)26-12-15-8-16(21)10-17(22)9-15/h3-4,7-10,14H,5-6,11-12H2,1-2H3. The molecular weight excluding hydrogens is 369 g/mol. The Hall–Kier alpha value is -1.91. The van der Waals surface area contributed by atoms with E-state index >= 15 is 0 Å². The number of aryl methyl sites for hydroxylation is 1. The van der Waals surface area contributed by atoms with Crippen LogP contribution in [0.3, 0.4) is 0 Å². The molecule has 0 unspecified atom stereocenters. The number of hydrogen-bond acceptors (Lipinski definition) is 3. The monoisotopic (exact) mass is 389 g/mol. The van der Waals surface area contributed by atoms with Gasteiger partial charge in [-0.3, -0.25) is 4.40 Å². The molecule has 0 atom stereocenters. The summed E-state index contributed by atoms with van der Waals surface area (Å²) >= 11 is 12.1. The van der Waals surface area contributed by atoms with Crippen LogP contribution in [0.15, 0.2) is 36.5 Å². The Morgan fingerprint density at radius 2 is 1.96 bits per heavy atom. The predicted octanol–water partition coefficient (Wildman–Crippen LogP) is 5.37. The van der Waals surface area contributed by atoms with E-state index in [2.05, 4.69) is 16.3 Å². The molecule has 0 aliphatic heterocycles. The van der Waals surface area contributed by atoms with Gasteiger partial charge in [0.15, 0.2) is 11.4 Å². The van der Waals surface area contributed by atoms with E-state index < -0.39 is 0 Å². The molecule has 1 saturated carbocycles. The Kier molecular flexibility index (Phi) is 4.72. The van der Waals surface area contributed by atoms with E-state index in [-0.39, 0.29) is 0 Å². The first-order valence-electron chi connectivity index (χ1n) is 8.78. The average molecular weight is 390 g/mol. The van der Waals surface area contributed by atoms with Crippen molar-refractivity contribution in [2.75, 3.05) is 18.5 Å². The normalized spacial score (nSPS) is 14.0. The Morgan fingerprint density at radius 3 is 2.65 bits per heavy atom. The molecule has 2 heterocycles. The van der Waals surface area contributed by atoms with Gasteiger partial charge in [-0.15, -0.1) is 0 Å². The summed E-state index contributed by atoms with van der Waals surface area (Å²) in [5.41, 5.74) is 2.77. The molecule has 0 amide bonds. The minimum atomic E-state index is 0.388. The van der Waals surface area contributed by atoms with Crippen LogP contribution >= 0.6 is 23.2 Å². The smallest absolute Gasteiger partial charge is 0.181 e. The third kappa shape index (κ3) is 3.62. The first-order valence-corrected chi connectivity index (χ1v) is 9.53. The minimum absolute atomic E-state index is 0.388. The Bertz CT molecular complexity index is 929. The maximum absolute atomic E-state index is 6.07. The third-order valence-corrected chi connectivity index (χ3v) is 5.10. The van der Waals surface area contributed by atoms with Crippen LogP contribution in [-0.4, -0.2) is 23.0 Å². The molecule has 2 aromatic heterocycles. The van der Waals surface area contributed by atoms with Crippen molar-refractivity contribution in [3.63, 3.8) is 0 Å². The van der Waals surface area contributed by atoms with Gasteiger partial charge >= 0.3 is 0 Å². The highest BCUT2D eigenvalue weighted by atomic mass is 35.5. The molecule has 0 saturated heterocycles. The highest BCUT2D eigenvalue weighted by molar-refractivity contribution is 6.34. The van der Waals surface area contributed by atoms with Gasteiger partial charge in [0.1, 0.15) is 12.4 Å². The van der Waals surface area contributed by atoms with Crippen LogP contribution in [0.4, 0.5) is 5.82 Å². The summed E-state index contributed by atoms with van der Waals surface area (Å²) in [5, 5.41) is 1.21. The van der Waals surface area contributed by atoms with Gasteiger partial charge in [-0.05, 0) is 61.6 Å². The van der Waals surface area contributed by atoms with Crippen LogP contribution in [0.5, 0.6) is 5.75 Å². The summed E-state index contributed by atoms with van der Waals surface area (Å²) in [6.07, 6.45) is 4.70. The van der Waals surface area contributed by atoms with Crippen molar-refractivity contribution in [2.24, 2.45) is 5.92 Å². The minimum Gasteiger partial charge on any atom is -0.485 e. The van der Waals surface area contributed by atoms with E-state index in [1.165, 1.54) is 12.8 Å². The van der Waals surface area contributed by atoms with Crippen LogP contribution < -0.4 is 9.64 Å². The zero-order valence-corrected chi connectivity index (χ0v) is 16.4. The molecule has 0 radical (unpaired) electrons. The lowest BCUT2D eigenvalue weighted by Gasteiger charge is -2.19. The summed E-state index contributed by atoms with van der Waals surface area (Å²) in [6, 6.07) is 9.37. The summed E-state index contributed by atoms with van der Waals surface area (Å²) in [6.45, 7) is 3.51. The molecule has 0 bridgehead atoms. The number of fused-ring (bicyclic) bond motifs is 1. The van der Waals surface area contributed by atoms with Crippen molar-refractivity contribution in [1.82, 2.24) is 9.38 Å². The summed E-state index contributed by atoms with van der Waals surface area (Å²) in [5.74, 6) is 2.69. The van der Waals surface area contributed by atoms with Gasteiger partial charge in [-0.1, -0.05) is 23.2 Å². The second-order valence-corrected chi connectivity index (χ2v) is 7.85. The zero-order valence-electron chi connectivity index (χ0n) is 14.9. The molecule has 1 fully saturated rings. The van der Waals surface area contributed by atoms with Crippen LogP contribution in [0.25, 0.3) is 5.65 Å². The Labute approximate surface area is 163 Å². The van der Waals surface area contributed by atoms with Crippen LogP contribution in [0, 0.1) is 12.8 Å². The maximum Gasteiger partial charge on any atom is 0.181 e. The third-order valence-electron chi connectivity index (χ3n) is 4.66. The Morgan fingerprint density at radius 1 is 1.23 bits per heavy atom. The highest BCUT2D eigenvalue weighted by Crippen LogP contribution is 2.33. The average Bonchev–Trinajstić information content (AvgIpc) is 3.31. The molecule has 0 spiro atoms. The number of aromatic nitrogens is 2. The SMILES string of the molecule is Cc1nc2c(OCc3cc(Cl)cc(Cl)c3)cccn2c1N(C)CC1CC1.